The van der Waals surface area contributed by atoms with E-state index in [1.54, 1.807) is 47.0 Å². The molecular weight excluding hydrogens is 879 g/mol. The van der Waals surface area contributed by atoms with Crippen LogP contribution in [-0.4, -0.2) is 125 Å². The van der Waals surface area contributed by atoms with Crippen LogP contribution in [0.25, 0.3) is 0 Å². The Labute approximate surface area is 399 Å². The number of nitrogens with one attached hydrogen (secondary N) is 6. The largest absolute Gasteiger partial charge is 0.480 e. The van der Waals surface area contributed by atoms with Gasteiger partial charge in [0.1, 0.15) is 35.9 Å². The lowest BCUT2D eigenvalue weighted by molar-refractivity contribution is -0.146. The summed E-state index contributed by atoms with van der Waals surface area (Å²) in [5, 5.41) is 35.6. The summed E-state index contributed by atoms with van der Waals surface area (Å²) in [6.45, 7) is 18.6. The molecule has 1 saturated heterocycles. The monoisotopic (exact) mass is 952 g/mol. The normalized spacial score (nSPS) is 26.1. The van der Waals surface area contributed by atoms with Crippen molar-refractivity contribution in [1.82, 2.24) is 36.8 Å². The quantitative estimate of drug-likeness (QED) is 0.105. The molecule has 7 amide bonds. The smallest absolute Gasteiger partial charge is 0.327 e. The fraction of sp³-hybridized carbons (Fsp3) is 0.571. The molecule has 1 aromatic rings. The second-order valence-corrected chi connectivity index (χ2v) is 18.4. The molecule has 19 nitrogen and oxygen atoms in total. The van der Waals surface area contributed by atoms with E-state index in [1.165, 1.54) is 27.8 Å². The number of allylic oxidation sites excluding steroid dienone is 2. The SMILES string of the molecule is C=C1C(=O)N[C@H](C)C(=O)N[C@@H](CC(C)C)C(=O)NC(C(=O)O)[C@H](C)C(=O)NC(CC(C)C)C(=O)NC(/C=C/C(C)=C/[C@H](C)[C@H](Cc2ccccc2)OC)[C@H](C)C(=O)N[C@@H](C(=O)O)CCC(=O)N1C. The third-order valence-corrected chi connectivity index (χ3v) is 11.7. The van der Waals surface area contributed by atoms with E-state index in [9.17, 15) is 53.4 Å². The van der Waals surface area contributed by atoms with Gasteiger partial charge >= 0.3 is 11.9 Å². The molecule has 0 bridgehead atoms. The van der Waals surface area contributed by atoms with Crippen molar-refractivity contribution in [2.45, 2.75) is 137 Å². The molecule has 68 heavy (non-hydrogen) atoms. The van der Waals surface area contributed by atoms with Crippen LogP contribution >= 0.6 is 0 Å². The summed E-state index contributed by atoms with van der Waals surface area (Å²) in [7, 11) is 2.85. The molecule has 0 saturated carbocycles. The minimum atomic E-state index is -1.83. The predicted octanol–water partition coefficient (Wildman–Crippen LogP) is 2.61. The highest BCUT2D eigenvalue weighted by Gasteiger charge is 2.37. The van der Waals surface area contributed by atoms with E-state index in [1.807, 2.05) is 50.3 Å². The fourth-order valence-corrected chi connectivity index (χ4v) is 7.39. The number of methoxy groups -OCH3 is 1. The van der Waals surface area contributed by atoms with Crippen molar-refractivity contribution >= 4 is 53.3 Å². The number of benzene rings is 1. The average Bonchev–Trinajstić information content (AvgIpc) is 3.27. The van der Waals surface area contributed by atoms with Crippen molar-refractivity contribution in [3.63, 3.8) is 0 Å². The van der Waals surface area contributed by atoms with E-state index in [-0.39, 0.29) is 36.7 Å². The Morgan fingerprint density at radius 1 is 0.765 bits per heavy atom. The zero-order valence-electron chi connectivity index (χ0n) is 41.2. The summed E-state index contributed by atoms with van der Waals surface area (Å²) < 4.78 is 5.81. The molecule has 10 atom stereocenters. The van der Waals surface area contributed by atoms with Gasteiger partial charge in [0.05, 0.1) is 24.0 Å². The van der Waals surface area contributed by atoms with Gasteiger partial charge in [0.25, 0.3) is 5.91 Å². The standard InChI is InChI=1S/C49H73N7O12/c1-26(2)22-37-46(62)51-35(19-18-28(5)24-29(6)39(68-12)25-34-16-14-13-15-17-34)30(7)42(58)52-36(48(64)65)20-21-40(57)56(11)33(10)45(61)50-32(9)44(60)54-38(23-27(3)4)47(63)55-41(49(66)67)31(8)43(59)53-37/h13-19,24,26-27,29-32,35-39,41H,10,20-23,25H2,1-9,11-12H3,(H,50,61)(H,51,62)(H,52,58)(H,53,59)(H,54,60)(H,55,63)(H,64,65)(H,66,67)/b19-18+,28-24+/t29-,30-,31-,32+,35?,36+,37?,38-,39-,41?/m0/s1. The topological polar surface area (TPSA) is 279 Å². The number of hydrogen-bond acceptors (Lipinski definition) is 10. The number of ether oxygens (including phenoxy) is 1. The highest BCUT2D eigenvalue weighted by atomic mass is 16.5. The Morgan fingerprint density at radius 2 is 1.31 bits per heavy atom. The van der Waals surface area contributed by atoms with Crippen molar-refractivity contribution in [2.75, 3.05) is 14.2 Å². The molecule has 0 spiro atoms. The van der Waals surface area contributed by atoms with Crippen LogP contribution in [0.4, 0.5) is 0 Å². The molecule has 3 unspecified atom stereocenters. The maximum absolute atomic E-state index is 14.3. The second-order valence-electron chi connectivity index (χ2n) is 18.4. The van der Waals surface area contributed by atoms with Crippen molar-refractivity contribution in [2.24, 2.45) is 29.6 Å². The van der Waals surface area contributed by atoms with Crippen molar-refractivity contribution in [3.05, 3.63) is 72.0 Å². The summed E-state index contributed by atoms with van der Waals surface area (Å²) in [6.07, 6.45) is 4.90. The van der Waals surface area contributed by atoms with Crippen LogP contribution in [0.5, 0.6) is 0 Å². The molecule has 1 aliphatic heterocycles. The van der Waals surface area contributed by atoms with Gasteiger partial charge in [-0.15, -0.1) is 0 Å². The molecule has 8 N–H and O–H groups in total. The second kappa shape index (κ2) is 27.4. The number of carbonyl (C=O) groups is 9. The van der Waals surface area contributed by atoms with E-state index in [4.69, 9.17) is 4.74 Å². The van der Waals surface area contributed by atoms with Crippen LogP contribution in [0.15, 0.2) is 66.4 Å². The van der Waals surface area contributed by atoms with Gasteiger partial charge in [0, 0.05) is 26.5 Å². The number of amides is 7. The molecule has 2 rings (SSSR count). The first-order chi connectivity index (χ1) is 31.8. The minimum Gasteiger partial charge on any atom is -0.480 e. The van der Waals surface area contributed by atoms with Gasteiger partial charge in [-0.2, -0.15) is 0 Å². The van der Waals surface area contributed by atoms with Gasteiger partial charge in [0.15, 0.2) is 0 Å². The third-order valence-electron chi connectivity index (χ3n) is 11.7. The first kappa shape index (κ1) is 57.8. The number of nitrogens with zero attached hydrogens (tertiary/aromatic N) is 1. The van der Waals surface area contributed by atoms with Crippen LogP contribution in [-0.2, 0) is 54.3 Å². The molecule has 0 aliphatic carbocycles. The zero-order chi connectivity index (χ0) is 51.6. The molecule has 1 fully saturated rings. The van der Waals surface area contributed by atoms with Crippen LogP contribution < -0.4 is 31.9 Å². The summed E-state index contributed by atoms with van der Waals surface area (Å²) in [5.74, 6) is -12.0. The number of carboxylic acid groups (broad SMARTS) is 2. The van der Waals surface area contributed by atoms with E-state index >= 15 is 0 Å². The third kappa shape index (κ3) is 18.4. The summed E-state index contributed by atoms with van der Waals surface area (Å²) in [4.78, 5) is 121. The molecule has 19 heteroatoms. The van der Waals surface area contributed by atoms with Crippen LogP contribution in [0.1, 0.15) is 93.6 Å². The van der Waals surface area contributed by atoms with Gasteiger partial charge in [0.2, 0.25) is 35.4 Å². The summed E-state index contributed by atoms with van der Waals surface area (Å²) in [6, 6.07) is 1.39. The molecule has 1 aliphatic rings. The maximum Gasteiger partial charge on any atom is 0.327 e. The first-order valence-electron chi connectivity index (χ1n) is 22.9. The van der Waals surface area contributed by atoms with Crippen LogP contribution in [0.2, 0.25) is 0 Å². The van der Waals surface area contributed by atoms with Gasteiger partial charge in [-0.25, -0.2) is 9.59 Å². The van der Waals surface area contributed by atoms with E-state index in [0.29, 0.717) is 6.42 Å². The van der Waals surface area contributed by atoms with Crippen LogP contribution in [0.3, 0.4) is 0 Å². The zero-order valence-corrected chi connectivity index (χ0v) is 41.2. The Balaban J connectivity index is 2.68. The summed E-state index contributed by atoms with van der Waals surface area (Å²) >= 11 is 0. The molecule has 0 aromatic heterocycles. The van der Waals surface area contributed by atoms with Gasteiger partial charge in [-0.05, 0) is 56.9 Å². The highest BCUT2D eigenvalue weighted by Crippen LogP contribution is 2.19. The molecule has 376 valence electrons. The number of rotatable bonds is 13. The van der Waals surface area contributed by atoms with Crippen molar-refractivity contribution in [3.8, 4) is 0 Å². The van der Waals surface area contributed by atoms with Crippen LogP contribution in [0, 0.1) is 29.6 Å². The molecular formula is C49H73N7O12. The maximum atomic E-state index is 14.3. The Bertz CT molecular complexity index is 2040. The fourth-order valence-electron chi connectivity index (χ4n) is 7.39. The van der Waals surface area contributed by atoms with E-state index in [2.05, 4.69) is 38.5 Å². The molecule has 1 heterocycles. The van der Waals surface area contributed by atoms with Crippen molar-refractivity contribution in [1.29, 1.82) is 0 Å². The van der Waals surface area contributed by atoms with E-state index in [0.717, 1.165) is 16.0 Å². The first-order valence-corrected chi connectivity index (χ1v) is 22.9. The number of carbonyl (C=O) groups excluding carboxylic acids is 7. The molecule has 1 aromatic carbocycles. The molecule has 0 radical (unpaired) electrons. The predicted molar refractivity (Wildman–Crippen MR) is 254 cm³/mol. The number of likely N-dealkylation sites (N-methyl/N-ethyl adjacent to an activating group) is 1. The van der Waals surface area contributed by atoms with Gasteiger partial charge in [-0.1, -0.05) is 109 Å². The van der Waals surface area contributed by atoms with E-state index < -0.39 is 120 Å². The van der Waals surface area contributed by atoms with Gasteiger partial charge in [-0.3, -0.25) is 33.6 Å². The average molecular weight is 952 g/mol. The Morgan fingerprint density at radius 3 is 1.84 bits per heavy atom. The lowest BCUT2D eigenvalue weighted by atomic mass is 9.94. The van der Waals surface area contributed by atoms with Gasteiger partial charge < -0.3 is 51.8 Å². The van der Waals surface area contributed by atoms with Crippen molar-refractivity contribution < 1.29 is 58.1 Å². The lowest BCUT2D eigenvalue weighted by Gasteiger charge is -2.29. The summed E-state index contributed by atoms with van der Waals surface area (Å²) in [5.41, 5.74) is 1.43. The highest BCUT2D eigenvalue weighted by molar-refractivity contribution is 6.00. The number of hydrogen-bond donors (Lipinski definition) is 8. The lowest BCUT2D eigenvalue weighted by Crippen LogP contribution is -2.59. The Hall–Kier alpha value is -6.37. The number of aliphatic carboxylic acids is 2. The number of carboxylic acids is 2. The Kier molecular flexibility index (Phi) is 23.3. The minimum absolute atomic E-state index is 0.0325.